The van der Waals surface area contributed by atoms with Crippen LogP contribution in [0.15, 0.2) is 77.3 Å². The van der Waals surface area contributed by atoms with Crippen molar-refractivity contribution in [3.05, 3.63) is 88.4 Å². The second-order valence-electron chi connectivity index (χ2n) is 7.12. The molecule has 2 heterocycles. The van der Waals surface area contributed by atoms with Crippen molar-refractivity contribution in [1.29, 1.82) is 0 Å². The molecule has 0 spiro atoms. The van der Waals surface area contributed by atoms with E-state index in [2.05, 4.69) is 15.5 Å². The lowest BCUT2D eigenvalue weighted by molar-refractivity contribution is -0.137. The quantitative estimate of drug-likeness (QED) is 0.322. The standard InChI is InChI=1S/C23H19F3N4OS2/c1-15(21(31)27-19-12-6-5-11-18(19)23(24,25)26)33-22-29-28-20(14-17-10-7-13-32-17)30(22)16-8-3-2-4-9-16/h2-13,15H,14H2,1H3,(H,27,31). The van der Waals surface area contributed by atoms with Gasteiger partial charge in [0.2, 0.25) is 5.91 Å². The van der Waals surface area contributed by atoms with Gasteiger partial charge in [0.1, 0.15) is 5.82 Å². The van der Waals surface area contributed by atoms with Crippen LogP contribution in [0.25, 0.3) is 5.69 Å². The van der Waals surface area contributed by atoms with Gasteiger partial charge in [-0.25, -0.2) is 0 Å². The number of anilines is 1. The van der Waals surface area contributed by atoms with Gasteiger partial charge in [0, 0.05) is 17.0 Å². The first-order chi connectivity index (χ1) is 15.8. The largest absolute Gasteiger partial charge is 0.418 e. The molecule has 0 fully saturated rings. The number of para-hydroxylation sites is 2. The molecule has 0 bridgehead atoms. The highest BCUT2D eigenvalue weighted by molar-refractivity contribution is 8.00. The number of aromatic nitrogens is 3. The van der Waals surface area contributed by atoms with Crippen LogP contribution in [-0.4, -0.2) is 25.9 Å². The Bertz CT molecular complexity index is 1220. The molecule has 1 unspecified atom stereocenters. The summed E-state index contributed by atoms with van der Waals surface area (Å²) in [4.78, 5) is 13.9. The van der Waals surface area contributed by atoms with Crippen LogP contribution in [0.4, 0.5) is 18.9 Å². The fourth-order valence-electron chi connectivity index (χ4n) is 3.18. The van der Waals surface area contributed by atoms with Crippen LogP contribution in [0, 0.1) is 0 Å². The van der Waals surface area contributed by atoms with E-state index >= 15 is 0 Å². The number of nitrogens with zero attached hydrogens (tertiary/aromatic N) is 3. The average molecular weight is 489 g/mol. The Balaban J connectivity index is 1.58. The monoisotopic (exact) mass is 488 g/mol. The lowest BCUT2D eigenvalue weighted by atomic mass is 10.1. The number of carbonyl (C=O) groups excluding carboxylic acids is 1. The summed E-state index contributed by atoms with van der Waals surface area (Å²) in [5.41, 5.74) is -0.321. The van der Waals surface area contributed by atoms with Crippen molar-refractivity contribution in [3.63, 3.8) is 0 Å². The highest BCUT2D eigenvalue weighted by Crippen LogP contribution is 2.35. The summed E-state index contributed by atoms with van der Waals surface area (Å²) in [6, 6.07) is 18.4. The Morgan fingerprint density at radius 3 is 2.48 bits per heavy atom. The van der Waals surface area contributed by atoms with E-state index in [0.29, 0.717) is 17.4 Å². The average Bonchev–Trinajstić information content (AvgIpc) is 3.44. The van der Waals surface area contributed by atoms with Gasteiger partial charge < -0.3 is 5.32 Å². The molecule has 0 saturated carbocycles. The molecule has 170 valence electrons. The van der Waals surface area contributed by atoms with Gasteiger partial charge in [-0.2, -0.15) is 13.2 Å². The summed E-state index contributed by atoms with van der Waals surface area (Å²) in [6.07, 6.45) is -4.00. The van der Waals surface area contributed by atoms with Crippen LogP contribution >= 0.6 is 23.1 Å². The van der Waals surface area contributed by atoms with Crippen molar-refractivity contribution in [2.24, 2.45) is 0 Å². The van der Waals surface area contributed by atoms with E-state index < -0.39 is 22.9 Å². The van der Waals surface area contributed by atoms with Crippen molar-refractivity contribution >= 4 is 34.7 Å². The predicted octanol–water partition coefficient (Wildman–Crippen LogP) is 6.06. The summed E-state index contributed by atoms with van der Waals surface area (Å²) in [7, 11) is 0. The van der Waals surface area contributed by atoms with Crippen LogP contribution in [0.2, 0.25) is 0 Å². The number of nitrogens with one attached hydrogen (secondary N) is 1. The van der Waals surface area contributed by atoms with Gasteiger partial charge in [0.15, 0.2) is 5.16 Å². The number of thiophene rings is 1. The van der Waals surface area contributed by atoms with E-state index in [1.54, 1.807) is 18.3 Å². The minimum absolute atomic E-state index is 0.273. The Hall–Kier alpha value is -3.11. The maximum Gasteiger partial charge on any atom is 0.418 e. The molecule has 1 amide bonds. The number of rotatable bonds is 7. The van der Waals surface area contributed by atoms with E-state index in [0.717, 1.165) is 28.4 Å². The summed E-state index contributed by atoms with van der Waals surface area (Å²) < 4.78 is 41.7. The molecule has 5 nitrogen and oxygen atoms in total. The van der Waals surface area contributed by atoms with Gasteiger partial charge in [-0.15, -0.1) is 21.5 Å². The zero-order chi connectivity index (χ0) is 23.4. The van der Waals surface area contributed by atoms with Crippen molar-refractivity contribution in [1.82, 2.24) is 14.8 Å². The van der Waals surface area contributed by atoms with Gasteiger partial charge in [-0.1, -0.05) is 48.2 Å². The number of thioether (sulfide) groups is 1. The summed E-state index contributed by atoms with van der Waals surface area (Å²) in [5.74, 6) is 0.153. The molecule has 1 N–H and O–H groups in total. The molecule has 33 heavy (non-hydrogen) atoms. The van der Waals surface area contributed by atoms with Crippen LogP contribution in [0.5, 0.6) is 0 Å². The molecule has 0 saturated heterocycles. The first kappa shape index (κ1) is 23.1. The molecule has 0 aliphatic heterocycles. The Morgan fingerprint density at radius 1 is 1.06 bits per heavy atom. The number of alkyl halides is 3. The van der Waals surface area contributed by atoms with Crippen molar-refractivity contribution < 1.29 is 18.0 Å². The second kappa shape index (κ2) is 9.80. The summed E-state index contributed by atoms with van der Waals surface area (Å²) in [5, 5.41) is 12.8. The van der Waals surface area contributed by atoms with Crippen molar-refractivity contribution in [3.8, 4) is 5.69 Å². The number of benzene rings is 2. The van der Waals surface area contributed by atoms with Crippen LogP contribution < -0.4 is 5.32 Å². The molecule has 4 rings (SSSR count). The first-order valence-electron chi connectivity index (χ1n) is 9.99. The smallest absolute Gasteiger partial charge is 0.325 e. The van der Waals surface area contributed by atoms with E-state index in [1.807, 2.05) is 52.4 Å². The fraction of sp³-hybridized carbons (Fsp3) is 0.174. The number of carbonyl (C=O) groups is 1. The first-order valence-corrected chi connectivity index (χ1v) is 11.7. The number of hydrogen-bond donors (Lipinski definition) is 1. The third kappa shape index (κ3) is 5.45. The number of halogens is 3. The fourth-order valence-corrected chi connectivity index (χ4v) is 4.77. The van der Waals surface area contributed by atoms with E-state index in [-0.39, 0.29) is 5.69 Å². The minimum Gasteiger partial charge on any atom is -0.325 e. The normalized spacial score (nSPS) is 12.5. The summed E-state index contributed by atoms with van der Waals surface area (Å²) in [6.45, 7) is 1.62. The zero-order valence-electron chi connectivity index (χ0n) is 17.4. The third-order valence-electron chi connectivity index (χ3n) is 4.77. The lowest BCUT2D eigenvalue weighted by Gasteiger charge is -2.16. The van der Waals surface area contributed by atoms with E-state index in [9.17, 15) is 18.0 Å². The number of amides is 1. The van der Waals surface area contributed by atoms with Crippen LogP contribution in [0.3, 0.4) is 0 Å². The summed E-state index contributed by atoms with van der Waals surface area (Å²) >= 11 is 2.75. The molecule has 2 aromatic carbocycles. The molecule has 10 heteroatoms. The van der Waals surface area contributed by atoms with Gasteiger partial charge in [0.05, 0.1) is 16.5 Å². The third-order valence-corrected chi connectivity index (χ3v) is 6.69. The molecule has 0 aliphatic rings. The Morgan fingerprint density at radius 2 is 1.79 bits per heavy atom. The lowest BCUT2D eigenvalue weighted by Crippen LogP contribution is -2.24. The second-order valence-corrected chi connectivity index (χ2v) is 9.46. The van der Waals surface area contributed by atoms with Crippen molar-refractivity contribution in [2.75, 3.05) is 5.32 Å². The molecular formula is C23H19F3N4OS2. The molecule has 0 radical (unpaired) electrons. The molecule has 0 aliphatic carbocycles. The zero-order valence-corrected chi connectivity index (χ0v) is 19.0. The molecule has 1 atom stereocenters. The van der Waals surface area contributed by atoms with Crippen molar-refractivity contribution in [2.45, 2.75) is 29.9 Å². The maximum absolute atomic E-state index is 13.3. The predicted molar refractivity (Wildman–Crippen MR) is 124 cm³/mol. The Kier molecular flexibility index (Phi) is 6.85. The number of hydrogen-bond acceptors (Lipinski definition) is 5. The van der Waals surface area contributed by atoms with Gasteiger partial charge in [-0.3, -0.25) is 9.36 Å². The van der Waals surface area contributed by atoms with Gasteiger partial charge >= 0.3 is 6.18 Å². The maximum atomic E-state index is 13.3. The minimum atomic E-state index is -4.57. The van der Waals surface area contributed by atoms with Crippen LogP contribution in [-0.2, 0) is 17.4 Å². The SMILES string of the molecule is CC(Sc1nnc(Cc2cccs2)n1-c1ccccc1)C(=O)Nc1ccccc1C(F)(F)F. The topological polar surface area (TPSA) is 59.8 Å². The van der Waals surface area contributed by atoms with Gasteiger partial charge in [0.25, 0.3) is 0 Å². The van der Waals surface area contributed by atoms with E-state index in [1.165, 1.54) is 18.2 Å². The highest BCUT2D eigenvalue weighted by Gasteiger charge is 2.34. The van der Waals surface area contributed by atoms with Gasteiger partial charge in [-0.05, 0) is 42.6 Å². The highest BCUT2D eigenvalue weighted by atomic mass is 32.2. The molecule has 2 aromatic heterocycles. The Labute approximate surface area is 196 Å². The van der Waals surface area contributed by atoms with E-state index in [4.69, 9.17) is 0 Å². The van der Waals surface area contributed by atoms with Crippen LogP contribution in [0.1, 0.15) is 23.2 Å². The molecule has 4 aromatic rings. The molecular weight excluding hydrogens is 469 g/mol.